The number of hydrogen-bond donors (Lipinski definition) is 0. The summed E-state index contributed by atoms with van der Waals surface area (Å²) in [6.07, 6.45) is 0. The van der Waals surface area contributed by atoms with Gasteiger partial charge in [0.15, 0.2) is 0 Å². The molecule has 0 amide bonds. The van der Waals surface area contributed by atoms with E-state index in [0.29, 0.717) is 6.54 Å². The molecule has 0 fully saturated rings. The number of hydrogen-bond acceptors (Lipinski definition) is 1. The number of rotatable bonds is 1. The molecule has 3 heteroatoms. The minimum absolute atomic E-state index is 0.399. The van der Waals surface area contributed by atoms with Crippen LogP contribution in [0.1, 0.15) is 4.88 Å². The highest BCUT2D eigenvalue weighted by atomic mass is 79.9. The van der Waals surface area contributed by atoms with Crippen molar-refractivity contribution in [3.63, 3.8) is 0 Å². The molecule has 8 heavy (non-hydrogen) atoms. The minimum atomic E-state index is 0.399. The molecule has 1 heterocycles. The van der Waals surface area contributed by atoms with Crippen LogP contribution in [0.25, 0.3) is 0 Å². The molecule has 0 atom stereocenters. The van der Waals surface area contributed by atoms with Gasteiger partial charge in [-0.15, -0.1) is 11.3 Å². The Bertz CT molecular complexity index is 173. The fourth-order valence-corrected chi connectivity index (χ4v) is 1.77. The van der Waals surface area contributed by atoms with Crippen LogP contribution in [0.3, 0.4) is 0 Å². The maximum Gasteiger partial charge on any atom is 0.0445 e. The maximum atomic E-state index is 6.95. The zero-order valence-electron chi connectivity index (χ0n) is 4.15. The van der Waals surface area contributed by atoms with Gasteiger partial charge in [0.2, 0.25) is 0 Å². The molecule has 1 rings (SSSR count). The van der Waals surface area contributed by atoms with Crippen LogP contribution in [0.4, 0.5) is 0 Å². The Balaban J connectivity index is 2.84. The highest BCUT2D eigenvalue weighted by Crippen LogP contribution is 2.18. The van der Waals surface area contributed by atoms with Gasteiger partial charge in [0.25, 0.3) is 0 Å². The van der Waals surface area contributed by atoms with Crippen LogP contribution < -0.4 is 5.73 Å². The first kappa shape index (κ1) is 6.26. The Labute approximate surface area is 60.6 Å². The topological polar surface area (TPSA) is 23.8 Å². The molecule has 1 radical (unpaired) electrons. The van der Waals surface area contributed by atoms with Crippen LogP contribution in [0.15, 0.2) is 15.9 Å². The lowest BCUT2D eigenvalue weighted by molar-refractivity contribution is 1.06. The smallest absolute Gasteiger partial charge is 0.0445 e. The zero-order valence-corrected chi connectivity index (χ0v) is 6.55. The molecule has 0 saturated carbocycles. The molecule has 0 unspecified atom stereocenters. The van der Waals surface area contributed by atoms with Gasteiger partial charge in [-0.2, -0.15) is 0 Å². The molecule has 1 nitrogen and oxygen atoms in total. The molecule has 1 N–H and O–H groups in total. The van der Waals surface area contributed by atoms with Crippen molar-refractivity contribution in [3.8, 4) is 0 Å². The first-order valence-electron chi connectivity index (χ1n) is 2.20. The molecule has 0 spiro atoms. The van der Waals surface area contributed by atoms with E-state index in [1.54, 1.807) is 11.3 Å². The summed E-state index contributed by atoms with van der Waals surface area (Å²) >= 11 is 4.92. The van der Waals surface area contributed by atoms with Crippen LogP contribution in [-0.4, -0.2) is 0 Å². The molecule has 0 aliphatic heterocycles. The molecule has 0 aromatic carbocycles. The van der Waals surface area contributed by atoms with E-state index in [4.69, 9.17) is 5.73 Å². The van der Waals surface area contributed by atoms with Crippen molar-refractivity contribution < 1.29 is 0 Å². The summed E-state index contributed by atoms with van der Waals surface area (Å²) < 4.78 is 1.09. The third-order valence-electron chi connectivity index (χ3n) is 0.796. The van der Waals surface area contributed by atoms with Crippen molar-refractivity contribution in [2.75, 3.05) is 0 Å². The summed E-state index contributed by atoms with van der Waals surface area (Å²) in [4.78, 5) is 1.11. The molecular formula is C5H5BrNS. The summed E-state index contributed by atoms with van der Waals surface area (Å²) in [7, 11) is 0. The first-order valence-corrected chi connectivity index (χ1v) is 3.87. The monoisotopic (exact) mass is 190 g/mol. The lowest BCUT2D eigenvalue weighted by Gasteiger charge is -1.79. The number of nitrogens with one attached hydrogen (secondary N) is 1. The van der Waals surface area contributed by atoms with E-state index in [9.17, 15) is 0 Å². The fourth-order valence-electron chi connectivity index (χ4n) is 0.447. The van der Waals surface area contributed by atoms with Crippen LogP contribution in [0.2, 0.25) is 0 Å². The maximum absolute atomic E-state index is 6.95. The molecule has 0 aliphatic rings. The van der Waals surface area contributed by atoms with E-state index in [1.807, 2.05) is 11.4 Å². The van der Waals surface area contributed by atoms with Crippen molar-refractivity contribution in [1.82, 2.24) is 5.73 Å². The molecule has 43 valence electrons. The molecule has 1 aromatic heterocycles. The molecule has 0 aliphatic carbocycles. The Hall–Kier alpha value is 0.140. The Morgan fingerprint density at radius 2 is 2.50 bits per heavy atom. The second-order valence-electron chi connectivity index (χ2n) is 1.41. The SMILES string of the molecule is [NH]Cc1cc(Br)cs1. The summed E-state index contributed by atoms with van der Waals surface area (Å²) in [5, 5.41) is 1.99. The second-order valence-corrected chi connectivity index (χ2v) is 3.32. The third-order valence-corrected chi connectivity index (χ3v) is 2.49. The van der Waals surface area contributed by atoms with E-state index in [0.717, 1.165) is 9.35 Å². The standard InChI is InChI=1S/C5H5BrNS/c6-4-1-5(2-7)8-3-4/h1,3,7H,2H2. The number of thiophene rings is 1. The van der Waals surface area contributed by atoms with E-state index < -0.39 is 0 Å². The number of halogens is 1. The quantitative estimate of drug-likeness (QED) is 0.650. The molecular weight excluding hydrogens is 186 g/mol. The van der Waals surface area contributed by atoms with E-state index in [2.05, 4.69) is 15.9 Å². The van der Waals surface area contributed by atoms with Gasteiger partial charge in [-0.3, -0.25) is 5.73 Å². The Morgan fingerprint density at radius 1 is 1.75 bits per heavy atom. The lowest BCUT2D eigenvalue weighted by Crippen LogP contribution is -1.73. The highest BCUT2D eigenvalue weighted by Gasteiger charge is 1.91. The van der Waals surface area contributed by atoms with Crippen molar-refractivity contribution in [2.45, 2.75) is 6.54 Å². The molecule has 1 aromatic rings. The molecule has 0 saturated heterocycles. The largest absolute Gasteiger partial charge is 0.252 e. The van der Waals surface area contributed by atoms with Gasteiger partial charge in [0.1, 0.15) is 0 Å². The summed E-state index contributed by atoms with van der Waals surface area (Å²) in [5.74, 6) is 0. The Kier molecular flexibility index (Phi) is 2.05. The van der Waals surface area contributed by atoms with E-state index in [-0.39, 0.29) is 0 Å². The summed E-state index contributed by atoms with van der Waals surface area (Å²) in [6.45, 7) is 0.399. The lowest BCUT2D eigenvalue weighted by atomic mass is 10.5. The minimum Gasteiger partial charge on any atom is -0.252 e. The van der Waals surface area contributed by atoms with Gasteiger partial charge in [0.05, 0.1) is 0 Å². The Morgan fingerprint density at radius 3 is 2.75 bits per heavy atom. The van der Waals surface area contributed by atoms with Gasteiger partial charge in [-0.25, -0.2) is 0 Å². The zero-order chi connectivity index (χ0) is 5.98. The fraction of sp³-hybridized carbons (Fsp3) is 0.200. The van der Waals surface area contributed by atoms with E-state index >= 15 is 0 Å². The van der Waals surface area contributed by atoms with Crippen LogP contribution in [-0.2, 0) is 6.54 Å². The summed E-state index contributed by atoms with van der Waals surface area (Å²) in [5.41, 5.74) is 6.95. The molecule has 0 bridgehead atoms. The summed E-state index contributed by atoms with van der Waals surface area (Å²) in [6, 6.07) is 1.97. The predicted octanol–water partition coefficient (Wildman–Crippen LogP) is 2.29. The van der Waals surface area contributed by atoms with Crippen molar-refractivity contribution >= 4 is 27.3 Å². The van der Waals surface area contributed by atoms with Gasteiger partial charge < -0.3 is 0 Å². The average Bonchev–Trinajstić information content (AvgIpc) is 2.14. The van der Waals surface area contributed by atoms with Crippen molar-refractivity contribution in [2.24, 2.45) is 0 Å². The van der Waals surface area contributed by atoms with E-state index in [1.165, 1.54) is 0 Å². The predicted molar refractivity (Wildman–Crippen MR) is 38.8 cm³/mol. The van der Waals surface area contributed by atoms with Crippen LogP contribution >= 0.6 is 27.3 Å². The normalized spacial score (nSPS) is 9.75. The highest BCUT2D eigenvalue weighted by molar-refractivity contribution is 9.10. The first-order chi connectivity index (χ1) is 3.83. The third kappa shape index (κ3) is 1.31. The van der Waals surface area contributed by atoms with Crippen LogP contribution in [0, 0.1) is 0 Å². The second kappa shape index (κ2) is 2.62. The van der Waals surface area contributed by atoms with Crippen molar-refractivity contribution in [3.05, 3.63) is 20.8 Å². The average molecular weight is 191 g/mol. The van der Waals surface area contributed by atoms with Crippen LogP contribution in [0.5, 0.6) is 0 Å². The van der Waals surface area contributed by atoms with Crippen molar-refractivity contribution in [1.29, 1.82) is 0 Å². The van der Waals surface area contributed by atoms with Gasteiger partial charge in [-0.05, 0) is 22.0 Å². The van der Waals surface area contributed by atoms with Gasteiger partial charge >= 0.3 is 0 Å². The van der Waals surface area contributed by atoms with Gasteiger partial charge in [0, 0.05) is 21.3 Å². The van der Waals surface area contributed by atoms with Gasteiger partial charge in [-0.1, -0.05) is 0 Å².